The van der Waals surface area contributed by atoms with E-state index in [0.29, 0.717) is 41.4 Å². The molecule has 1 aliphatic carbocycles. The number of hydrogen-bond acceptors (Lipinski definition) is 6. The number of rotatable bonds is 7. The van der Waals surface area contributed by atoms with Crippen molar-refractivity contribution in [3.8, 4) is 11.5 Å². The van der Waals surface area contributed by atoms with E-state index in [-0.39, 0.29) is 17.8 Å². The lowest BCUT2D eigenvalue weighted by Gasteiger charge is -2.39. The molecule has 184 valence electrons. The van der Waals surface area contributed by atoms with Gasteiger partial charge in [-0.2, -0.15) is 0 Å². The van der Waals surface area contributed by atoms with Gasteiger partial charge < -0.3 is 19.5 Å². The highest BCUT2D eigenvalue weighted by molar-refractivity contribution is 6.04. The molecule has 2 aromatic carbocycles. The van der Waals surface area contributed by atoms with Crippen LogP contribution in [0, 0.1) is 5.41 Å². The molecule has 0 spiro atoms. The van der Waals surface area contributed by atoms with Crippen LogP contribution in [0.5, 0.6) is 11.5 Å². The molecule has 6 heteroatoms. The van der Waals surface area contributed by atoms with Crippen molar-refractivity contribution in [2.75, 3.05) is 13.7 Å². The molecule has 0 saturated carbocycles. The molecule has 0 saturated heterocycles. The molecule has 2 aromatic rings. The van der Waals surface area contributed by atoms with Gasteiger partial charge in [-0.05, 0) is 48.9 Å². The second-order valence-corrected chi connectivity index (χ2v) is 9.83. The Bertz CT molecular complexity index is 1190. The number of ketones is 1. The second kappa shape index (κ2) is 9.98. The Kier molecular flexibility index (Phi) is 7.01. The van der Waals surface area contributed by atoms with Crippen molar-refractivity contribution in [3.63, 3.8) is 0 Å². The molecule has 0 radical (unpaired) electrons. The lowest BCUT2D eigenvalue weighted by molar-refractivity contribution is -0.140. The first-order valence-corrected chi connectivity index (χ1v) is 12.0. The third-order valence-corrected chi connectivity index (χ3v) is 6.49. The van der Waals surface area contributed by atoms with Crippen molar-refractivity contribution in [1.29, 1.82) is 0 Å². The summed E-state index contributed by atoms with van der Waals surface area (Å²) in [4.78, 5) is 27.0. The zero-order valence-electron chi connectivity index (χ0n) is 21.1. The van der Waals surface area contributed by atoms with Crippen molar-refractivity contribution in [2.45, 2.75) is 53.1 Å². The number of benzene rings is 2. The Morgan fingerprint density at radius 1 is 1.09 bits per heavy atom. The third-order valence-electron chi connectivity index (χ3n) is 6.49. The van der Waals surface area contributed by atoms with E-state index in [1.807, 2.05) is 62.4 Å². The van der Waals surface area contributed by atoms with Gasteiger partial charge >= 0.3 is 5.97 Å². The lowest BCUT2D eigenvalue weighted by atomic mass is 9.68. The van der Waals surface area contributed by atoms with Crippen LogP contribution in [0.25, 0.3) is 0 Å². The van der Waals surface area contributed by atoms with Crippen LogP contribution < -0.4 is 14.8 Å². The van der Waals surface area contributed by atoms with E-state index in [1.54, 1.807) is 7.11 Å². The summed E-state index contributed by atoms with van der Waals surface area (Å²) in [6.45, 7) is 8.62. The van der Waals surface area contributed by atoms with Gasteiger partial charge in [0, 0.05) is 29.3 Å². The monoisotopic (exact) mass is 475 g/mol. The highest BCUT2D eigenvalue weighted by Crippen LogP contribution is 2.48. The molecule has 1 N–H and O–H groups in total. The highest BCUT2D eigenvalue weighted by atomic mass is 16.5. The van der Waals surface area contributed by atoms with Crippen molar-refractivity contribution < 1.29 is 23.8 Å². The number of Topliss-reactive ketones (excluding diaryl/α,β-unsaturated/α-hetero) is 1. The molecule has 35 heavy (non-hydrogen) atoms. The van der Waals surface area contributed by atoms with Crippen molar-refractivity contribution >= 4 is 11.8 Å². The van der Waals surface area contributed by atoms with Crippen molar-refractivity contribution in [2.24, 2.45) is 5.41 Å². The molecule has 0 fully saturated rings. The fourth-order valence-electron chi connectivity index (χ4n) is 4.98. The maximum absolute atomic E-state index is 13.5. The fourth-order valence-corrected chi connectivity index (χ4v) is 4.98. The van der Waals surface area contributed by atoms with Gasteiger partial charge in [-0.25, -0.2) is 4.79 Å². The van der Waals surface area contributed by atoms with Gasteiger partial charge in [0.2, 0.25) is 0 Å². The van der Waals surface area contributed by atoms with Crippen molar-refractivity contribution in [3.05, 3.63) is 82.2 Å². The minimum absolute atomic E-state index is 0.0439. The molecule has 0 amide bonds. The molecule has 1 unspecified atom stereocenters. The van der Waals surface area contributed by atoms with Gasteiger partial charge in [-0.15, -0.1) is 0 Å². The molecule has 0 aromatic heterocycles. The normalized spacial score (nSPS) is 19.1. The second-order valence-electron chi connectivity index (χ2n) is 9.83. The highest BCUT2D eigenvalue weighted by Gasteiger charge is 2.43. The SMILES string of the molecule is CCOc1ccc(C2C(C(=O)OCc3ccccc3)=C(C)NC3=C2C(=O)CC(C)(C)C3)cc1OC. The zero-order chi connectivity index (χ0) is 25.2. The summed E-state index contributed by atoms with van der Waals surface area (Å²) in [5.74, 6) is 0.223. The van der Waals surface area contributed by atoms with Gasteiger partial charge in [-0.1, -0.05) is 50.2 Å². The van der Waals surface area contributed by atoms with Crippen LogP contribution in [0.2, 0.25) is 0 Å². The van der Waals surface area contributed by atoms with E-state index in [2.05, 4.69) is 19.2 Å². The number of ether oxygens (including phenoxy) is 3. The zero-order valence-corrected chi connectivity index (χ0v) is 21.1. The standard InChI is InChI=1S/C29H33NO5/c1-6-34-23-13-12-20(14-24(23)33-5)26-25(28(32)35-17-19-10-8-7-9-11-19)18(2)30-21-15-29(3,4)16-22(31)27(21)26/h7-14,26,30H,6,15-17H2,1-5H3. The lowest BCUT2D eigenvalue weighted by Crippen LogP contribution is -2.38. The largest absolute Gasteiger partial charge is 0.493 e. The van der Waals surface area contributed by atoms with Crippen LogP contribution in [0.15, 0.2) is 71.1 Å². The summed E-state index contributed by atoms with van der Waals surface area (Å²) >= 11 is 0. The van der Waals surface area contributed by atoms with E-state index in [1.165, 1.54) is 0 Å². The van der Waals surface area contributed by atoms with Gasteiger partial charge in [0.15, 0.2) is 17.3 Å². The van der Waals surface area contributed by atoms with Crippen molar-refractivity contribution in [1.82, 2.24) is 5.32 Å². The summed E-state index contributed by atoms with van der Waals surface area (Å²) in [6.07, 6.45) is 1.14. The predicted octanol–water partition coefficient (Wildman–Crippen LogP) is 5.44. The number of carbonyl (C=O) groups excluding carboxylic acids is 2. The molecule has 2 aliphatic rings. The van der Waals surface area contributed by atoms with Gasteiger partial charge in [0.25, 0.3) is 0 Å². The number of hydrogen-bond donors (Lipinski definition) is 1. The molecular formula is C29H33NO5. The van der Waals surface area contributed by atoms with Gasteiger partial charge in [-0.3, -0.25) is 4.79 Å². The maximum atomic E-state index is 13.5. The number of esters is 1. The Morgan fingerprint density at radius 3 is 2.51 bits per heavy atom. The third kappa shape index (κ3) is 5.11. The summed E-state index contributed by atoms with van der Waals surface area (Å²) in [7, 11) is 1.58. The average molecular weight is 476 g/mol. The van der Waals surface area contributed by atoms with E-state index in [9.17, 15) is 9.59 Å². The van der Waals surface area contributed by atoms with Crippen LogP contribution in [0.1, 0.15) is 57.6 Å². The summed E-state index contributed by atoms with van der Waals surface area (Å²) < 4.78 is 17.0. The van der Waals surface area contributed by atoms with Crippen LogP contribution in [-0.4, -0.2) is 25.5 Å². The van der Waals surface area contributed by atoms with Crippen LogP contribution in [0.3, 0.4) is 0 Å². The molecule has 4 rings (SSSR count). The fraction of sp³-hybridized carbons (Fsp3) is 0.379. The van der Waals surface area contributed by atoms with Crippen LogP contribution in [0.4, 0.5) is 0 Å². The number of methoxy groups -OCH3 is 1. The quantitative estimate of drug-likeness (QED) is 0.538. The van der Waals surface area contributed by atoms with E-state index in [0.717, 1.165) is 23.2 Å². The summed E-state index contributed by atoms with van der Waals surface area (Å²) in [5, 5.41) is 3.38. The Morgan fingerprint density at radius 2 is 1.83 bits per heavy atom. The first-order chi connectivity index (χ1) is 16.7. The molecule has 0 bridgehead atoms. The van der Waals surface area contributed by atoms with Crippen LogP contribution in [-0.2, 0) is 20.9 Å². The van der Waals surface area contributed by atoms with Gasteiger partial charge in [0.1, 0.15) is 6.61 Å². The maximum Gasteiger partial charge on any atom is 0.337 e. The molecule has 1 aliphatic heterocycles. The Hall–Kier alpha value is -3.54. The molecular weight excluding hydrogens is 442 g/mol. The molecule has 1 atom stereocenters. The van der Waals surface area contributed by atoms with E-state index in [4.69, 9.17) is 14.2 Å². The Labute approximate surface area is 207 Å². The molecule has 6 nitrogen and oxygen atoms in total. The minimum atomic E-state index is -0.553. The van der Waals surface area contributed by atoms with E-state index >= 15 is 0 Å². The summed E-state index contributed by atoms with van der Waals surface area (Å²) in [5.41, 5.74) is 4.18. The number of nitrogens with one attached hydrogen (secondary N) is 1. The summed E-state index contributed by atoms with van der Waals surface area (Å²) in [6, 6.07) is 15.2. The Balaban J connectivity index is 1.77. The van der Waals surface area contributed by atoms with Crippen LogP contribution >= 0.6 is 0 Å². The average Bonchev–Trinajstić information content (AvgIpc) is 2.82. The van der Waals surface area contributed by atoms with E-state index < -0.39 is 11.9 Å². The topological polar surface area (TPSA) is 73.9 Å². The first-order valence-electron chi connectivity index (χ1n) is 12.0. The molecule has 1 heterocycles. The smallest absolute Gasteiger partial charge is 0.337 e. The first kappa shape index (κ1) is 24.6. The number of dihydropyridines is 1. The predicted molar refractivity (Wildman–Crippen MR) is 134 cm³/mol. The van der Waals surface area contributed by atoms with Gasteiger partial charge in [0.05, 0.1) is 19.3 Å². The number of allylic oxidation sites excluding steroid dienone is 3. The minimum Gasteiger partial charge on any atom is -0.493 e. The number of carbonyl (C=O) groups is 2.